The van der Waals surface area contributed by atoms with E-state index in [2.05, 4.69) is 10.6 Å². The number of piperidine rings is 1. The molecule has 1 aliphatic heterocycles. The molecule has 1 aliphatic rings. The molecule has 2 amide bonds. The smallest absolute Gasteiger partial charge is 0.295 e. The van der Waals surface area contributed by atoms with Crippen molar-refractivity contribution in [2.75, 3.05) is 18.4 Å². The highest BCUT2D eigenvalue weighted by atomic mass is 32.2. The van der Waals surface area contributed by atoms with Crippen molar-refractivity contribution in [3.8, 4) is 5.69 Å². The molecule has 1 atom stereocenters. The standard InChI is InChI=1S/C29H37N5O5S/c1-19(2)25(28(36)31-26-21(4)32(5)34(29(26)37)23-9-7-6-8-10-23)30-27(35)22-15-17-33(18-16-22)40(38,39)24-13-11-20(3)12-14-24/h6-14,19,22,25H,15-18H2,1-5H3,(H,30,35)(H,31,36). The average molecular weight is 568 g/mol. The second kappa shape index (κ2) is 11.8. The fraction of sp³-hybridized carbons (Fsp3) is 0.414. The highest BCUT2D eigenvalue weighted by Crippen LogP contribution is 2.25. The Balaban J connectivity index is 1.42. The summed E-state index contributed by atoms with van der Waals surface area (Å²) in [4.78, 5) is 40.0. The topological polar surface area (TPSA) is 123 Å². The maximum Gasteiger partial charge on any atom is 0.295 e. The number of hydrogen-bond donors (Lipinski definition) is 2. The molecular weight excluding hydrogens is 530 g/mol. The van der Waals surface area contributed by atoms with Crippen LogP contribution in [-0.2, 0) is 26.7 Å². The molecule has 1 aromatic heterocycles. The van der Waals surface area contributed by atoms with Crippen molar-refractivity contribution in [1.82, 2.24) is 19.0 Å². The highest BCUT2D eigenvalue weighted by Gasteiger charge is 2.34. The lowest BCUT2D eigenvalue weighted by molar-refractivity contribution is -0.130. The zero-order chi connectivity index (χ0) is 29.2. The number of carbonyl (C=O) groups excluding carboxylic acids is 2. The number of benzene rings is 2. The van der Waals surface area contributed by atoms with Gasteiger partial charge < -0.3 is 10.6 Å². The number of nitrogens with one attached hydrogen (secondary N) is 2. The monoisotopic (exact) mass is 567 g/mol. The van der Waals surface area contributed by atoms with Gasteiger partial charge >= 0.3 is 0 Å². The molecule has 2 N–H and O–H groups in total. The molecule has 2 aromatic carbocycles. The number of aromatic nitrogens is 2. The Labute approximate surface area is 235 Å². The number of nitrogens with zero attached hydrogens (tertiary/aromatic N) is 3. The number of amides is 2. The third-order valence-electron chi connectivity index (χ3n) is 7.53. The molecule has 11 heteroatoms. The van der Waals surface area contributed by atoms with E-state index in [1.54, 1.807) is 55.1 Å². The van der Waals surface area contributed by atoms with Gasteiger partial charge in [0.05, 0.1) is 16.3 Å². The average Bonchev–Trinajstić information content (AvgIpc) is 3.14. The summed E-state index contributed by atoms with van der Waals surface area (Å²) in [6, 6.07) is 15.0. The highest BCUT2D eigenvalue weighted by molar-refractivity contribution is 7.89. The first-order chi connectivity index (χ1) is 18.9. The van der Waals surface area contributed by atoms with Gasteiger partial charge in [0.25, 0.3) is 5.56 Å². The molecule has 10 nitrogen and oxygen atoms in total. The molecule has 1 fully saturated rings. The summed E-state index contributed by atoms with van der Waals surface area (Å²) in [7, 11) is -1.90. The minimum atomic E-state index is -3.64. The van der Waals surface area contributed by atoms with Gasteiger partial charge in [0, 0.05) is 26.1 Å². The van der Waals surface area contributed by atoms with E-state index in [1.807, 2.05) is 39.0 Å². The minimum Gasteiger partial charge on any atom is -0.344 e. The fourth-order valence-electron chi connectivity index (χ4n) is 4.94. The van der Waals surface area contributed by atoms with E-state index in [0.717, 1.165) is 5.56 Å². The molecule has 0 spiro atoms. The summed E-state index contributed by atoms with van der Waals surface area (Å²) in [5.74, 6) is -1.44. The summed E-state index contributed by atoms with van der Waals surface area (Å²) in [6.07, 6.45) is 0.700. The second-order valence-corrected chi connectivity index (χ2v) is 12.6. The molecule has 2 heterocycles. The Morgan fingerprint density at radius 3 is 2.12 bits per heavy atom. The van der Waals surface area contributed by atoms with Crippen LogP contribution >= 0.6 is 0 Å². The Morgan fingerprint density at radius 2 is 1.55 bits per heavy atom. The first kappa shape index (κ1) is 29.3. The van der Waals surface area contributed by atoms with Crippen molar-refractivity contribution in [3.05, 3.63) is 76.2 Å². The van der Waals surface area contributed by atoms with Crippen LogP contribution in [0.2, 0.25) is 0 Å². The van der Waals surface area contributed by atoms with Gasteiger partial charge in [-0.15, -0.1) is 0 Å². The van der Waals surface area contributed by atoms with Crippen molar-refractivity contribution in [2.45, 2.75) is 51.5 Å². The van der Waals surface area contributed by atoms with Gasteiger partial charge in [-0.1, -0.05) is 49.7 Å². The first-order valence-corrected chi connectivity index (χ1v) is 14.9. The van der Waals surface area contributed by atoms with E-state index in [0.29, 0.717) is 24.2 Å². The summed E-state index contributed by atoms with van der Waals surface area (Å²) in [5, 5.41) is 5.61. The molecular formula is C29H37N5O5S. The van der Waals surface area contributed by atoms with E-state index in [-0.39, 0.29) is 41.1 Å². The van der Waals surface area contributed by atoms with E-state index in [9.17, 15) is 22.8 Å². The quantitative estimate of drug-likeness (QED) is 0.433. The minimum absolute atomic E-state index is 0.158. The van der Waals surface area contributed by atoms with Crippen LogP contribution in [-0.4, -0.2) is 53.0 Å². The summed E-state index contributed by atoms with van der Waals surface area (Å²) >= 11 is 0. The van der Waals surface area contributed by atoms with Crippen LogP contribution < -0.4 is 16.2 Å². The maximum absolute atomic E-state index is 13.3. The number of hydrogen-bond acceptors (Lipinski definition) is 5. The number of rotatable bonds is 8. The molecule has 214 valence electrons. The number of carbonyl (C=O) groups is 2. The summed E-state index contributed by atoms with van der Waals surface area (Å²) < 4.78 is 30.6. The van der Waals surface area contributed by atoms with Crippen molar-refractivity contribution >= 4 is 27.5 Å². The predicted octanol–water partition coefficient (Wildman–Crippen LogP) is 2.97. The van der Waals surface area contributed by atoms with E-state index < -0.39 is 27.9 Å². The van der Waals surface area contributed by atoms with Gasteiger partial charge in [-0.25, -0.2) is 13.1 Å². The SMILES string of the molecule is Cc1ccc(S(=O)(=O)N2CCC(C(=O)NC(C(=O)Nc3c(C)n(C)n(-c4ccccc4)c3=O)C(C)C)CC2)cc1. The predicted molar refractivity (Wildman–Crippen MR) is 154 cm³/mol. The Bertz CT molecular complexity index is 1530. The zero-order valence-electron chi connectivity index (χ0n) is 23.5. The first-order valence-electron chi connectivity index (χ1n) is 13.4. The molecule has 0 radical (unpaired) electrons. The van der Waals surface area contributed by atoms with E-state index in [1.165, 1.54) is 8.99 Å². The van der Waals surface area contributed by atoms with Crippen LogP contribution in [0.5, 0.6) is 0 Å². The van der Waals surface area contributed by atoms with Crippen LogP contribution in [0.25, 0.3) is 5.69 Å². The lowest BCUT2D eigenvalue weighted by Gasteiger charge is -2.32. The largest absolute Gasteiger partial charge is 0.344 e. The van der Waals surface area contributed by atoms with E-state index >= 15 is 0 Å². The van der Waals surface area contributed by atoms with Crippen LogP contribution in [0.1, 0.15) is 37.9 Å². The third-order valence-corrected chi connectivity index (χ3v) is 9.45. The van der Waals surface area contributed by atoms with Crippen molar-refractivity contribution in [3.63, 3.8) is 0 Å². The van der Waals surface area contributed by atoms with Crippen molar-refractivity contribution in [1.29, 1.82) is 0 Å². The zero-order valence-corrected chi connectivity index (χ0v) is 24.4. The molecule has 0 saturated carbocycles. The molecule has 0 aliphatic carbocycles. The number of para-hydroxylation sites is 1. The van der Waals surface area contributed by atoms with Crippen LogP contribution in [0.3, 0.4) is 0 Å². The van der Waals surface area contributed by atoms with Gasteiger partial charge in [-0.05, 0) is 56.9 Å². The number of anilines is 1. The fourth-order valence-corrected chi connectivity index (χ4v) is 6.41. The van der Waals surface area contributed by atoms with Gasteiger partial charge in [0.1, 0.15) is 11.7 Å². The van der Waals surface area contributed by atoms with Crippen LogP contribution in [0.15, 0.2) is 64.3 Å². The Kier molecular flexibility index (Phi) is 8.65. The summed E-state index contributed by atoms with van der Waals surface area (Å²) in [5.41, 5.74) is 2.02. The second-order valence-electron chi connectivity index (χ2n) is 10.6. The molecule has 1 saturated heterocycles. The molecule has 3 aromatic rings. The molecule has 4 rings (SSSR count). The van der Waals surface area contributed by atoms with Gasteiger partial charge in [0.2, 0.25) is 21.8 Å². The molecule has 1 unspecified atom stereocenters. The molecule has 40 heavy (non-hydrogen) atoms. The van der Waals surface area contributed by atoms with Gasteiger partial charge in [-0.3, -0.25) is 19.1 Å². The van der Waals surface area contributed by atoms with Crippen molar-refractivity contribution in [2.24, 2.45) is 18.9 Å². The lowest BCUT2D eigenvalue weighted by atomic mass is 9.95. The molecule has 0 bridgehead atoms. The van der Waals surface area contributed by atoms with Crippen molar-refractivity contribution < 1.29 is 18.0 Å². The van der Waals surface area contributed by atoms with Crippen LogP contribution in [0, 0.1) is 25.7 Å². The van der Waals surface area contributed by atoms with Gasteiger partial charge in [0.15, 0.2) is 0 Å². The van der Waals surface area contributed by atoms with Gasteiger partial charge in [-0.2, -0.15) is 4.31 Å². The number of sulfonamides is 1. The number of aryl methyl sites for hydroxylation is 1. The summed E-state index contributed by atoms with van der Waals surface area (Å²) in [6.45, 7) is 7.72. The lowest BCUT2D eigenvalue weighted by Crippen LogP contribution is -2.51. The van der Waals surface area contributed by atoms with Crippen LogP contribution in [0.4, 0.5) is 5.69 Å². The normalized spacial score (nSPS) is 15.7. The maximum atomic E-state index is 13.3. The third kappa shape index (κ3) is 5.90. The van der Waals surface area contributed by atoms with E-state index in [4.69, 9.17) is 0 Å². The Hall–Kier alpha value is -3.70. The Morgan fingerprint density at radius 1 is 0.950 bits per heavy atom.